The number of nitrogens with zero attached hydrogens (tertiary/aromatic N) is 3. The molecule has 0 unspecified atom stereocenters. The summed E-state index contributed by atoms with van der Waals surface area (Å²) >= 11 is 1.40. The van der Waals surface area contributed by atoms with E-state index in [1.807, 2.05) is 38.1 Å². The molecule has 29 heavy (non-hydrogen) atoms. The van der Waals surface area contributed by atoms with Gasteiger partial charge < -0.3 is 14.4 Å². The van der Waals surface area contributed by atoms with Gasteiger partial charge in [0.15, 0.2) is 16.3 Å². The summed E-state index contributed by atoms with van der Waals surface area (Å²) in [6.07, 6.45) is -0.882. The number of rotatable bonds is 8. The molecule has 2 N–H and O–H groups in total. The van der Waals surface area contributed by atoms with Crippen molar-refractivity contribution in [3.63, 3.8) is 0 Å². The Hall–Kier alpha value is -2.78. The smallest absolute Gasteiger partial charge is 0.329 e. The Bertz CT molecular complexity index is 1160. The summed E-state index contributed by atoms with van der Waals surface area (Å²) in [4.78, 5) is 31.1. The first kappa shape index (κ1) is 20.9. The molecule has 2 heterocycles. The number of aryl methyl sites for hydroxylation is 2. The Labute approximate surface area is 171 Å². The summed E-state index contributed by atoms with van der Waals surface area (Å²) in [5.41, 5.74) is 1.36. The molecule has 3 rings (SSSR count). The van der Waals surface area contributed by atoms with E-state index in [-0.39, 0.29) is 24.3 Å². The Kier molecular flexibility index (Phi) is 6.29. The van der Waals surface area contributed by atoms with E-state index in [9.17, 15) is 14.7 Å². The second kappa shape index (κ2) is 8.71. The molecule has 154 valence electrons. The van der Waals surface area contributed by atoms with Crippen LogP contribution in [0.3, 0.4) is 0 Å². The summed E-state index contributed by atoms with van der Waals surface area (Å²) in [5, 5.41) is 11.1. The molecule has 1 atom stereocenters. The van der Waals surface area contributed by atoms with Gasteiger partial charge in [0.25, 0.3) is 5.56 Å². The number of aliphatic hydroxyl groups is 1. The zero-order valence-corrected chi connectivity index (χ0v) is 17.5. The van der Waals surface area contributed by atoms with Gasteiger partial charge in [-0.1, -0.05) is 42.1 Å². The minimum atomic E-state index is -0.882. The first-order valence-corrected chi connectivity index (χ1v) is 10.1. The van der Waals surface area contributed by atoms with E-state index in [2.05, 4.69) is 16.5 Å². The van der Waals surface area contributed by atoms with Gasteiger partial charge >= 0.3 is 5.69 Å². The summed E-state index contributed by atoms with van der Waals surface area (Å²) in [7, 11) is 1.54. The number of para-hydroxylation sites is 1. The lowest BCUT2D eigenvalue weighted by Gasteiger charge is -2.16. The van der Waals surface area contributed by atoms with E-state index in [4.69, 9.17) is 4.74 Å². The molecule has 0 spiro atoms. The van der Waals surface area contributed by atoms with Crippen LogP contribution in [0.2, 0.25) is 0 Å². The van der Waals surface area contributed by atoms with E-state index in [0.29, 0.717) is 16.7 Å². The third kappa shape index (κ3) is 4.63. The van der Waals surface area contributed by atoms with Gasteiger partial charge in [-0.2, -0.15) is 0 Å². The van der Waals surface area contributed by atoms with Gasteiger partial charge in [0.05, 0.1) is 6.54 Å². The van der Waals surface area contributed by atoms with Crippen molar-refractivity contribution < 1.29 is 9.84 Å². The standard InChI is InChI=1S/C20H24N4O4S/c1-12(2)11-29-20-21-17-16(18(26)22-19(27)23(17)4)24(20)9-14(25)10-28-15-8-6-5-7-13(15)3/h5-8,14,25H,1,9-11H2,2-4H3,(H,22,26,27)/t14-/m1/s1. The van der Waals surface area contributed by atoms with Crippen molar-refractivity contribution in [2.45, 2.75) is 31.7 Å². The van der Waals surface area contributed by atoms with Crippen LogP contribution in [-0.2, 0) is 13.6 Å². The van der Waals surface area contributed by atoms with Crippen molar-refractivity contribution in [1.82, 2.24) is 19.1 Å². The number of aromatic amines is 1. The Balaban J connectivity index is 1.91. The fraction of sp³-hybridized carbons (Fsp3) is 0.350. The Morgan fingerprint density at radius 1 is 1.38 bits per heavy atom. The van der Waals surface area contributed by atoms with Gasteiger partial charge in [0.2, 0.25) is 0 Å². The summed E-state index contributed by atoms with van der Waals surface area (Å²) in [6, 6.07) is 7.54. The predicted octanol–water partition coefficient (Wildman–Crippen LogP) is 1.84. The number of hydrogen-bond acceptors (Lipinski definition) is 6. The lowest BCUT2D eigenvalue weighted by molar-refractivity contribution is 0.0910. The van der Waals surface area contributed by atoms with Gasteiger partial charge in [-0.05, 0) is 25.5 Å². The molecule has 3 aromatic rings. The molecular formula is C20H24N4O4S. The first-order valence-electron chi connectivity index (χ1n) is 9.11. The number of thioether (sulfide) groups is 1. The van der Waals surface area contributed by atoms with E-state index >= 15 is 0 Å². The largest absolute Gasteiger partial charge is 0.491 e. The van der Waals surface area contributed by atoms with Crippen LogP contribution in [0.1, 0.15) is 12.5 Å². The Morgan fingerprint density at radius 3 is 2.79 bits per heavy atom. The molecule has 0 saturated heterocycles. The number of fused-ring (bicyclic) bond motifs is 1. The second-order valence-electron chi connectivity index (χ2n) is 6.97. The van der Waals surface area contributed by atoms with Crippen molar-refractivity contribution in [3.05, 3.63) is 62.8 Å². The highest BCUT2D eigenvalue weighted by atomic mass is 32.2. The van der Waals surface area contributed by atoms with Crippen molar-refractivity contribution in [2.24, 2.45) is 7.05 Å². The number of nitrogens with one attached hydrogen (secondary N) is 1. The highest BCUT2D eigenvalue weighted by Gasteiger charge is 2.20. The average Bonchev–Trinajstić information content (AvgIpc) is 3.03. The van der Waals surface area contributed by atoms with E-state index < -0.39 is 17.4 Å². The summed E-state index contributed by atoms with van der Waals surface area (Å²) < 4.78 is 8.64. The fourth-order valence-electron chi connectivity index (χ4n) is 2.85. The molecule has 0 fully saturated rings. The van der Waals surface area contributed by atoms with E-state index in [0.717, 1.165) is 11.1 Å². The van der Waals surface area contributed by atoms with Crippen molar-refractivity contribution in [3.8, 4) is 5.75 Å². The molecule has 0 aliphatic rings. The summed E-state index contributed by atoms with van der Waals surface area (Å²) in [5.74, 6) is 1.30. The predicted molar refractivity (Wildman–Crippen MR) is 114 cm³/mol. The van der Waals surface area contributed by atoms with Crippen LogP contribution in [-0.4, -0.2) is 42.7 Å². The number of benzene rings is 1. The Morgan fingerprint density at radius 2 is 2.10 bits per heavy atom. The summed E-state index contributed by atoms with van der Waals surface area (Å²) in [6.45, 7) is 7.86. The third-order valence-electron chi connectivity index (χ3n) is 4.34. The van der Waals surface area contributed by atoms with Gasteiger partial charge in [-0.25, -0.2) is 9.78 Å². The minimum absolute atomic E-state index is 0.0544. The molecule has 0 radical (unpaired) electrons. The van der Waals surface area contributed by atoms with Crippen LogP contribution in [0.15, 0.2) is 51.2 Å². The van der Waals surface area contributed by atoms with E-state index in [1.54, 1.807) is 11.6 Å². The zero-order chi connectivity index (χ0) is 21.1. The van der Waals surface area contributed by atoms with Crippen LogP contribution >= 0.6 is 11.8 Å². The second-order valence-corrected chi connectivity index (χ2v) is 7.91. The molecule has 1 aromatic carbocycles. The van der Waals surface area contributed by atoms with Crippen LogP contribution < -0.4 is 16.0 Å². The van der Waals surface area contributed by atoms with Crippen molar-refractivity contribution in [1.29, 1.82) is 0 Å². The highest BCUT2D eigenvalue weighted by molar-refractivity contribution is 7.99. The molecule has 0 saturated carbocycles. The maximum atomic E-state index is 12.5. The van der Waals surface area contributed by atoms with Crippen LogP contribution in [0, 0.1) is 6.92 Å². The lowest BCUT2D eigenvalue weighted by Crippen LogP contribution is -2.30. The molecule has 0 amide bonds. The molecule has 0 aliphatic heterocycles. The average molecular weight is 417 g/mol. The van der Waals surface area contributed by atoms with Crippen molar-refractivity contribution in [2.75, 3.05) is 12.4 Å². The van der Waals surface area contributed by atoms with Crippen LogP contribution in [0.5, 0.6) is 5.75 Å². The van der Waals surface area contributed by atoms with E-state index in [1.165, 1.54) is 16.3 Å². The molecular weight excluding hydrogens is 392 g/mol. The van der Waals surface area contributed by atoms with Crippen LogP contribution in [0.25, 0.3) is 11.2 Å². The third-order valence-corrected chi connectivity index (χ3v) is 5.54. The molecule has 0 bridgehead atoms. The lowest BCUT2D eigenvalue weighted by atomic mass is 10.2. The number of H-pyrrole nitrogens is 1. The highest BCUT2D eigenvalue weighted by Crippen LogP contribution is 2.24. The number of hydrogen-bond donors (Lipinski definition) is 2. The number of aromatic nitrogens is 4. The van der Waals surface area contributed by atoms with Gasteiger partial charge in [0.1, 0.15) is 18.5 Å². The van der Waals surface area contributed by atoms with Crippen LogP contribution in [0.4, 0.5) is 0 Å². The van der Waals surface area contributed by atoms with Gasteiger partial charge in [-0.3, -0.25) is 14.3 Å². The maximum absolute atomic E-state index is 12.5. The molecule has 9 heteroatoms. The van der Waals surface area contributed by atoms with Gasteiger partial charge in [-0.15, -0.1) is 0 Å². The minimum Gasteiger partial charge on any atom is -0.491 e. The fourth-order valence-corrected chi connectivity index (χ4v) is 3.70. The quantitative estimate of drug-likeness (QED) is 0.429. The normalized spacial score (nSPS) is 12.3. The number of ether oxygens (including phenoxy) is 1. The molecule has 8 nitrogen and oxygen atoms in total. The number of aliphatic hydroxyl groups excluding tert-OH is 1. The topological polar surface area (TPSA) is 102 Å². The zero-order valence-electron chi connectivity index (χ0n) is 16.6. The SMILES string of the molecule is C=C(C)CSc1nc2c(c(=O)[nH]c(=O)n2C)n1C[C@@H](O)COc1ccccc1C. The first-order chi connectivity index (χ1) is 13.8. The molecule has 2 aromatic heterocycles. The van der Waals surface area contributed by atoms with Gasteiger partial charge in [0, 0.05) is 12.8 Å². The number of imidazole rings is 1. The maximum Gasteiger partial charge on any atom is 0.329 e. The van der Waals surface area contributed by atoms with Crippen molar-refractivity contribution >= 4 is 22.9 Å². The molecule has 0 aliphatic carbocycles. The monoisotopic (exact) mass is 416 g/mol.